The lowest BCUT2D eigenvalue weighted by molar-refractivity contribution is -0.0498. The number of hydrogen-bond acceptors (Lipinski definition) is 4. The summed E-state index contributed by atoms with van der Waals surface area (Å²) in [5.41, 5.74) is 4.86. The molecular weight excluding hydrogens is 352 g/mol. The average Bonchev–Trinajstić information content (AvgIpc) is 3.05. The highest BCUT2D eigenvalue weighted by atomic mass is 19.3. The number of fused-ring (bicyclic) bond motifs is 1. The van der Waals surface area contributed by atoms with Crippen LogP contribution in [0.2, 0.25) is 0 Å². The number of alkyl halides is 2. The highest BCUT2D eigenvalue weighted by molar-refractivity contribution is 5.81. The monoisotopic (exact) mass is 367 g/mol. The number of hydrogen-bond donors (Lipinski definition) is 1. The maximum atomic E-state index is 12.3. The zero-order valence-corrected chi connectivity index (χ0v) is 14.3. The van der Waals surface area contributed by atoms with Gasteiger partial charge in [-0.3, -0.25) is 9.55 Å². The second-order valence-corrected chi connectivity index (χ2v) is 6.04. The lowest BCUT2D eigenvalue weighted by Gasteiger charge is -2.09. The van der Waals surface area contributed by atoms with Crippen molar-refractivity contribution < 1.29 is 18.6 Å². The Bertz CT molecular complexity index is 1110. The Hall–Kier alpha value is -3.48. The largest absolute Gasteiger partial charge is 0.508 e. The van der Waals surface area contributed by atoms with E-state index >= 15 is 0 Å². The first kappa shape index (κ1) is 17.0. The molecule has 2 aromatic heterocycles. The Morgan fingerprint density at radius 3 is 2.52 bits per heavy atom. The molecular formula is C20H15F2N3O2. The molecule has 0 aliphatic carbocycles. The number of aryl methyl sites for hydroxylation is 1. The van der Waals surface area contributed by atoms with Crippen LogP contribution in [0, 0.1) is 6.92 Å². The van der Waals surface area contributed by atoms with Crippen LogP contribution >= 0.6 is 0 Å². The van der Waals surface area contributed by atoms with Gasteiger partial charge in [0.05, 0.1) is 17.4 Å². The van der Waals surface area contributed by atoms with E-state index in [-0.39, 0.29) is 11.5 Å². The first-order valence-corrected chi connectivity index (χ1v) is 8.19. The van der Waals surface area contributed by atoms with Crippen molar-refractivity contribution >= 4 is 11.0 Å². The van der Waals surface area contributed by atoms with Gasteiger partial charge in [-0.15, -0.1) is 0 Å². The molecule has 4 aromatic rings. The van der Waals surface area contributed by atoms with Crippen LogP contribution in [-0.2, 0) is 0 Å². The number of nitrogens with zero attached hydrogens (tertiary/aromatic N) is 3. The van der Waals surface area contributed by atoms with Gasteiger partial charge >= 0.3 is 6.61 Å². The topological polar surface area (TPSA) is 60.2 Å². The van der Waals surface area contributed by atoms with Gasteiger partial charge in [0.25, 0.3) is 0 Å². The van der Waals surface area contributed by atoms with Crippen LogP contribution in [0.15, 0.2) is 61.1 Å². The molecule has 0 unspecified atom stereocenters. The molecule has 136 valence electrons. The van der Waals surface area contributed by atoms with Crippen LogP contribution in [0.1, 0.15) is 5.56 Å². The van der Waals surface area contributed by atoms with E-state index in [2.05, 4.69) is 14.7 Å². The van der Waals surface area contributed by atoms with E-state index < -0.39 is 6.61 Å². The number of ether oxygens (including phenoxy) is 1. The first-order valence-electron chi connectivity index (χ1n) is 8.19. The van der Waals surface area contributed by atoms with Crippen molar-refractivity contribution in [3.8, 4) is 28.4 Å². The van der Waals surface area contributed by atoms with Crippen molar-refractivity contribution in [3.63, 3.8) is 0 Å². The SMILES string of the molecule is Cc1cc(O)ccc1-c1cc2c(cn1)ncn2-c1ccc(OC(F)F)cc1. The molecule has 0 fully saturated rings. The van der Waals surface area contributed by atoms with Gasteiger partial charge < -0.3 is 9.84 Å². The highest BCUT2D eigenvalue weighted by Gasteiger charge is 2.11. The summed E-state index contributed by atoms with van der Waals surface area (Å²) in [7, 11) is 0. The summed E-state index contributed by atoms with van der Waals surface area (Å²) >= 11 is 0. The molecule has 4 rings (SSSR count). The van der Waals surface area contributed by atoms with Crippen LogP contribution in [0.25, 0.3) is 28.0 Å². The second kappa shape index (κ2) is 6.68. The Kier molecular flexibility index (Phi) is 4.19. The van der Waals surface area contributed by atoms with E-state index in [9.17, 15) is 13.9 Å². The van der Waals surface area contributed by atoms with Gasteiger partial charge in [-0.05, 0) is 61.0 Å². The lowest BCUT2D eigenvalue weighted by atomic mass is 10.0. The van der Waals surface area contributed by atoms with Crippen molar-refractivity contribution in [2.45, 2.75) is 13.5 Å². The molecule has 0 radical (unpaired) electrons. The summed E-state index contributed by atoms with van der Waals surface area (Å²) < 4.78 is 30.8. The molecule has 0 spiro atoms. The zero-order chi connectivity index (χ0) is 19.0. The van der Waals surface area contributed by atoms with Crippen LogP contribution in [0.5, 0.6) is 11.5 Å². The van der Waals surface area contributed by atoms with Crippen LogP contribution in [-0.4, -0.2) is 26.3 Å². The summed E-state index contributed by atoms with van der Waals surface area (Å²) in [5.74, 6) is 0.300. The summed E-state index contributed by atoms with van der Waals surface area (Å²) in [4.78, 5) is 8.81. The number of aromatic nitrogens is 3. The summed E-state index contributed by atoms with van der Waals surface area (Å²) in [6.45, 7) is -0.952. The first-order chi connectivity index (χ1) is 13.0. The quantitative estimate of drug-likeness (QED) is 0.568. The van der Waals surface area contributed by atoms with E-state index in [4.69, 9.17) is 0 Å². The fourth-order valence-corrected chi connectivity index (χ4v) is 2.99. The molecule has 7 heteroatoms. The lowest BCUT2D eigenvalue weighted by Crippen LogP contribution is -2.02. The fraction of sp³-hybridized carbons (Fsp3) is 0.100. The van der Waals surface area contributed by atoms with Crippen molar-refractivity contribution in [1.82, 2.24) is 14.5 Å². The molecule has 27 heavy (non-hydrogen) atoms. The number of phenolic OH excluding ortho intramolecular Hbond substituents is 1. The molecule has 0 bridgehead atoms. The summed E-state index contributed by atoms with van der Waals surface area (Å²) in [6, 6.07) is 13.4. The minimum Gasteiger partial charge on any atom is -0.508 e. The molecule has 0 amide bonds. The molecule has 5 nitrogen and oxygen atoms in total. The third kappa shape index (κ3) is 3.31. The van der Waals surface area contributed by atoms with Gasteiger partial charge in [0.2, 0.25) is 0 Å². The third-order valence-corrected chi connectivity index (χ3v) is 4.26. The van der Waals surface area contributed by atoms with E-state index in [1.54, 1.807) is 36.8 Å². The van der Waals surface area contributed by atoms with Crippen molar-refractivity contribution in [1.29, 1.82) is 0 Å². The highest BCUT2D eigenvalue weighted by Crippen LogP contribution is 2.28. The zero-order valence-electron chi connectivity index (χ0n) is 14.3. The van der Waals surface area contributed by atoms with Gasteiger partial charge in [-0.2, -0.15) is 8.78 Å². The minimum absolute atomic E-state index is 0.0974. The summed E-state index contributed by atoms with van der Waals surface area (Å²) in [5, 5.41) is 9.60. The predicted molar refractivity (Wildman–Crippen MR) is 97.3 cm³/mol. The fourth-order valence-electron chi connectivity index (χ4n) is 2.99. The Balaban J connectivity index is 1.76. The predicted octanol–water partition coefficient (Wildman–Crippen LogP) is 4.70. The number of aromatic hydroxyl groups is 1. The van der Waals surface area contributed by atoms with Crippen LogP contribution in [0.3, 0.4) is 0 Å². The van der Waals surface area contributed by atoms with Crippen molar-refractivity contribution in [2.24, 2.45) is 0 Å². The number of phenols is 1. The number of rotatable bonds is 4. The normalized spacial score (nSPS) is 11.3. The number of benzene rings is 2. The van der Waals surface area contributed by atoms with E-state index in [1.165, 1.54) is 12.1 Å². The minimum atomic E-state index is -2.85. The molecule has 0 aliphatic rings. The maximum absolute atomic E-state index is 12.3. The van der Waals surface area contributed by atoms with E-state index in [0.29, 0.717) is 5.52 Å². The Labute approximate surface area is 153 Å². The second-order valence-electron chi connectivity index (χ2n) is 6.04. The molecule has 0 saturated carbocycles. The van der Waals surface area contributed by atoms with E-state index in [1.807, 2.05) is 23.6 Å². The molecule has 0 aliphatic heterocycles. The van der Waals surface area contributed by atoms with Gasteiger partial charge in [-0.25, -0.2) is 4.98 Å². The molecule has 0 atom stereocenters. The number of halogens is 2. The standard InChI is InChI=1S/C20H15F2N3O2/c1-12-8-14(26)4-7-16(12)17-9-19-18(10-23-17)24-11-25(19)13-2-5-15(6-3-13)27-20(21)22/h2-11,20,26H,1H3. The molecule has 1 N–H and O–H groups in total. The Morgan fingerprint density at radius 1 is 1.04 bits per heavy atom. The molecule has 2 heterocycles. The maximum Gasteiger partial charge on any atom is 0.387 e. The van der Waals surface area contributed by atoms with E-state index in [0.717, 1.165) is 28.0 Å². The molecule has 0 saturated heterocycles. The number of pyridine rings is 1. The third-order valence-electron chi connectivity index (χ3n) is 4.26. The number of imidazole rings is 1. The van der Waals surface area contributed by atoms with Gasteiger partial charge in [0.1, 0.15) is 23.3 Å². The van der Waals surface area contributed by atoms with Crippen molar-refractivity contribution in [2.75, 3.05) is 0 Å². The van der Waals surface area contributed by atoms with Gasteiger partial charge in [0.15, 0.2) is 0 Å². The van der Waals surface area contributed by atoms with Crippen LogP contribution < -0.4 is 4.74 Å². The van der Waals surface area contributed by atoms with Crippen LogP contribution in [0.4, 0.5) is 8.78 Å². The van der Waals surface area contributed by atoms with Gasteiger partial charge in [0, 0.05) is 11.3 Å². The van der Waals surface area contributed by atoms with Crippen molar-refractivity contribution in [3.05, 3.63) is 66.6 Å². The van der Waals surface area contributed by atoms with Gasteiger partial charge in [-0.1, -0.05) is 0 Å². The summed E-state index contributed by atoms with van der Waals surface area (Å²) in [6.07, 6.45) is 3.34. The smallest absolute Gasteiger partial charge is 0.387 e. The molecule has 2 aromatic carbocycles. The average molecular weight is 367 g/mol. The Morgan fingerprint density at radius 2 is 1.81 bits per heavy atom.